The molecule has 0 amide bonds. The van der Waals surface area contributed by atoms with Crippen LogP contribution in [0.2, 0.25) is 0 Å². The first-order valence-electron chi connectivity index (χ1n) is 6.60. The zero-order valence-corrected chi connectivity index (χ0v) is 12.0. The Balaban J connectivity index is 2.12. The highest BCUT2D eigenvalue weighted by Gasteiger charge is 2.31. The molecule has 1 aromatic heterocycles. The number of rotatable bonds is 1. The monoisotopic (exact) mass is 289 g/mol. The van der Waals surface area contributed by atoms with Crippen LogP contribution in [0.4, 0.5) is 4.39 Å². The number of aromatic nitrogens is 1. The van der Waals surface area contributed by atoms with Gasteiger partial charge in [-0.15, -0.1) is 0 Å². The number of hydrogen-bond donors (Lipinski definition) is 1. The van der Waals surface area contributed by atoms with Crippen LogP contribution in [0.25, 0.3) is 0 Å². The molecule has 5 heteroatoms. The predicted molar refractivity (Wildman–Crippen MR) is 81.0 cm³/mol. The smallest absolute Gasteiger partial charge is 0.169 e. The van der Waals surface area contributed by atoms with Crippen molar-refractivity contribution in [2.24, 2.45) is 0 Å². The van der Waals surface area contributed by atoms with Crippen LogP contribution in [0.1, 0.15) is 17.3 Å². The molecule has 0 bridgehead atoms. The SMILES string of the molecule is CNC(=S)N1CCn2cccc2C1c1ccccc1F. The van der Waals surface area contributed by atoms with Gasteiger partial charge in [0.2, 0.25) is 0 Å². The van der Waals surface area contributed by atoms with Crippen molar-refractivity contribution in [2.75, 3.05) is 13.6 Å². The Morgan fingerprint density at radius 3 is 2.80 bits per heavy atom. The van der Waals surface area contributed by atoms with Gasteiger partial charge in [0.15, 0.2) is 5.11 Å². The summed E-state index contributed by atoms with van der Waals surface area (Å²) in [6, 6.07) is 10.7. The van der Waals surface area contributed by atoms with E-state index in [2.05, 4.69) is 9.88 Å². The van der Waals surface area contributed by atoms with Gasteiger partial charge in [0.1, 0.15) is 5.82 Å². The second kappa shape index (κ2) is 5.25. The fraction of sp³-hybridized carbons (Fsp3) is 0.267. The van der Waals surface area contributed by atoms with Crippen molar-refractivity contribution in [3.05, 3.63) is 59.7 Å². The fourth-order valence-corrected chi connectivity index (χ4v) is 2.97. The number of nitrogens with one attached hydrogen (secondary N) is 1. The number of halogens is 1. The van der Waals surface area contributed by atoms with Gasteiger partial charge >= 0.3 is 0 Å². The van der Waals surface area contributed by atoms with Crippen LogP contribution in [0.5, 0.6) is 0 Å². The second-order valence-corrected chi connectivity index (χ2v) is 5.19. The Bertz CT molecular complexity index is 638. The van der Waals surface area contributed by atoms with Crippen molar-refractivity contribution in [3.63, 3.8) is 0 Å². The lowest BCUT2D eigenvalue weighted by Gasteiger charge is -2.38. The predicted octanol–water partition coefficient (Wildman–Crippen LogP) is 2.54. The lowest BCUT2D eigenvalue weighted by atomic mass is 10.00. The third-order valence-corrected chi connectivity index (χ3v) is 4.15. The maximum Gasteiger partial charge on any atom is 0.169 e. The van der Waals surface area contributed by atoms with Crippen LogP contribution in [-0.2, 0) is 6.54 Å². The Morgan fingerprint density at radius 1 is 1.25 bits per heavy atom. The molecule has 0 aliphatic carbocycles. The first-order chi connectivity index (χ1) is 9.72. The zero-order chi connectivity index (χ0) is 14.1. The van der Waals surface area contributed by atoms with E-state index in [0.29, 0.717) is 10.7 Å². The summed E-state index contributed by atoms with van der Waals surface area (Å²) >= 11 is 5.38. The molecule has 20 heavy (non-hydrogen) atoms. The summed E-state index contributed by atoms with van der Waals surface area (Å²) in [4.78, 5) is 2.04. The van der Waals surface area contributed by atoms with E-state index in [-0.39, 0.29) is 11.9 Å². The standard InChI is InChI=1S/C15H16FN3S/c1-17-15(20)19-10-9-18-8-4-7-13(18)14(19)11-5-2-3-6-12(11)16/h2-8,14H,9-10H2,1H3,(H,17,20). The third kappa shape index (κ3) is 2.08. The Labute approximate surface area is 123 Å². The molecule has 0 radical (unpaired) electrons. The summed E-state index contributed by atoms with van der Waals surface area (Å²) in [6.07, 6.45) is 2.03. The molecule has 0 spiro atoms. The van der Waals surface area contributed by atoms with Crippen LogP contribution in [-0.4, -0.2) is 28.2 Å². The van der Waals surface area contributed by atoms with E-state index in [4.69, 9.17) is 12.2 Å². The summed E-state index contributed by atoms with van der Waals surface area (Å²) in [5, 5.41) is 3.65. The maximum absolute atomic E-state index is 14.2. The average molecular weight is 289 g/mol. The molecule has 3 rings (SSSR count). The van der Waals surface area contributed by atoms with Crippen molar-refractivity contribution in [3.8, 4) is 0 Å². The van der Waals surface area contributed by atoms with Crippen LogP contribution in [0.15, 0.2) is 42.6 Å². The topological polar surface area (TPSA) is 20.2 Å². The lowest BCUT2D eigenvalue weighted by Crippen LogP contribution is -2.46. The number of nitrogens with zero attached hydrogens (tertiary/aromatic N) is 2. The van der Waals surface area contributed by atoms with E-state index in [1.165, 1.54) is 6.07 Å². The van der Waals surface area contributed by atoms with E-state index in [1.54, 1.807) is 13.1 Å². The molecule has 1 N–H and O–H groups in total. The van der Waals surface area contributed by atoms with Crippen molar-refractivity contribution < 1.29 is 4.39 Å². The third-order valence-electron chi connectivity index (χ3n) is 3.71. The van der Waals surface area contributed by atoms with Gasteiger partial charge in [0.05, 0.1) is 6.04 Å². The first-order valence-corrected chi connectivity index (χ1v) is 7.01. The summed E-state index contributed by atoms with van der Waals surface area (Å²) < 4.78 is 16.4. The zero-order valence-electron chi connectivity index (χ0n) is 11.2. The molecule has 2 heterocycles. The van der Waals surface area contributed by atoms with Gasteiger partial charge in [-0.2, -0.15) is 0 Å². The second-order valence-electron chi connectivity index (χ2n) is 4.80. The Kier molecular flexibility index (Phi) is 3.44. The Morgan fingerprint density at radius 2 is 2.05 bits per heavy atom. The highest BCUT2D eigenvalue weighted by atomic mass is 32.1. The van der Waals surface area contributed by atoms with Crippen molar-refractivity contribution in [1.82, 2.24) is 14.8 Å². The maximum atomic E-state index is 14.2. The average Bonchev–Trinajstić information content (AvgIpc) is 2.94. The Hall–Kier alpha value is -1.88. The van der Waals surface area contributed by atoms with Crippen LogP contribution in [0.3, 0.4) is 0 Å². The van der Waals surface area contributed by atoms with Gasteiger partial charge in [-0.1, -0.05) is 18.2 Å². The van der Waals surface area contributed by atoms with Crippen molar-refractivity contribution in [2.45, 2.75) is 12.6 Å². The van der Waals surface area contributed by atoms with Crippen LogP contribution < -0.4 is 5.32 Å². The highest BCUT2D eigenvalue weighted by Crippen LogP contribution is 2.33. The summed E-state index contributed by atoms with van der Waals surface area (Å²) in [5.74, 6) is -0.198. The largest absolute Gasteiger partial charge is 0.366 e. The number of benzene rings is 1. The van der Waals surface area contributed by atoms with Crippen molar-refractivity contribution >= 4 is 17.3 Å². The van der Waals surface area contributed by atoms with Gasteiger partial charge in [0, 0.05) is 37.6 Å². The minimum Gasteiger partial charge on any atom is -0.366 e. The molecule has 104 valence electrons. The molecule has 1 aromatic carbocycles. The lowest BCUT2D eigenvalue weighted by molar-refractivity contribution is 0.282. The molecule has 1 atom stereocenters. The van der Waals surface area contributed by atoms with Crippen molar-refractivity contribution in [1.29, 1.82) is 0 Å². The number of hydrogen-bond acceptors (Lipinski definition) is 1. The summed E-state index contributed by atoms with van der Waals surface area (Å²) in [6.45, 7) is 1.62. The van der Waals surface area contributed by atoms with Gasteiger partial charge in [-0.05, 0) is 30.4 Å². The molecule has 1 aliphatic heterocycles. The van der Waals surface area contributed by atoms with Gasteiger partial charge in [0.25, 0.3) is 0 Å². The molecule has 0 saturated heterocycles. The highest BCUT2D eigenvalue weighted by molar-refractivity contribution is 7.80. The molecule has 3 nitrogen and oxygen atoms in total. The molecule has 1 aliphatic rings. The minimum atomic E-state index is -0.198. The van der Waals surface area contributed by atoms with Gasteiger partial charge < -0.3 is 14.8 Å². The number of fused-ring (bicyclic) bond motifs is 1. The molecule has 0 fully saturated rings. The van der Waals surface area contributed by atoms with Gasteiger partial charge in [-0.3, -0.25) is 0 Å². The van der Waals surface area contributed by atoms with Crippen LogP contribution in [0, 0.1) is 5.82 Å². The van der Waals surface area contributed by atoms with E-state index in [1.807, 2.05) is 35.4 Å². The summed E-state index contributed by atoms with van der Waals surface area (Å²) in [7, 11) is 1.80. The van der Waals surface area contributed by atoms with Crippen LogP contribution >= 0.6 is 12.2 Å². The van der Waals surface area contributed by atoms with E-state index in [0.717, 1.165) is 18.8 Å². The normalized spacial score (nSPS) is 17.7. The van der Waals surface area contributed by atoms with E-state index < -0.39 is 0 Å². The minimum absolute atomic E-state index is 0.181. The number of thiocarbonyl (C=S) groups is 1. The van der Waals surface area contributed by atoms with E-state index >= 15 is 0 Å². The molecule has 0 saturated carbocycles. The first kappa shape index (κ1) is 13.1. The van der Waals surface area contributed by atoms with E-state index in [9.17, 15) is 4.39 Å². The molecular formula is C15H16FN3S. The van der Waals surface area contributed by atoms with Gasteiger partial charge in [-0.25, -0.2) is 4.39 Å². The molecule has 2 aromatic rings. The quantitative estimate of drug-likeness (QED) is 0.815. The molecular weight excluding hydrogens is 273 g/mol. The molecule has 1 unspecified atom stereocenters. The fourth-order valence-electron chi connectivity index (χ4n) is 2.77. The summed E-state index contributed by atoms with van der Waals surface area (Å²) in [5.41, 5.74) is 1.73.